The number of carbonyl (C=O) groups excluding carboxylic acids is 5. The van der Waals surface area contributed by atoms with Crippen molar-refractivity contribution in [1.82, 2.24) is 10.2 Å². The van der Waals surface area contributed by atoms with Crippen molar-refractivity contribution in [2.75, 3.05) is 20.3 Å². The number of ether oxygens (including phenoxy) is 2. The molecule has 1 aliphatic heterocycles. The maximum Gasteiger partial charge on any atom is 0.326 e. The number of likely N-dealkylation sites (tertiary alicyclic amines) is 1. The molecule has 2 aliphatic rings. The molecule has 0 spiro atoms. The van der Waals surface area contributed by atoms with Crippen molar-refractivity contribution < 1.29 is 33.4 Å². The quantitative estimate of drug-likeness (QED) is 0.549. The van der Waals surface area contributed by atoms with Gasteiger partial charge in [-0.1, -0.05) is 25.0 Å². The summed E-state index contributed by atoms with van der Waals surface area (Å²) in [7, 11) is 1.40. The largest absolute Gasteiger partial charge is 0.496 e. The zero-order valence-corrected chi connectivity index (χ0v) is 16.0. The topological polar surface area (TPSA) is 119 Å². The molecule has 4 amide bonds. The minimum atomic E-state index is -0.884. The number of methoxy groups -OCH3 is 1. The standard InChI is InChI=1S/C20H22N2O7/c1-28-15-9-5-4-8-14(15)18(25)21-16(23)11-29-17(24)10-22-19(26)12-6-2-3-7-13(12)20(22)27/h4-5,8-9,12-13H,2-3,6-7,10-11H2,1H3,(H,21,23,25)/t12-,13-/m0/s1. The molecule has 0 radical (unpaired) electrons. The van der Waals surface area contributed by atoms with E-state index >= 15 is 0 Å². The monoisotopic (exact) mass is 402 g/mol. The zero-order valence-electron chi connectivity index (χ0n) is 16.0. The van der Waals surface area contributed by atoms with Crippen LogP contribution in [0.1, 0.15) is 36.0 Å². The predicted octanol–water partition coefficient (Wildman–Crippen LogP) is 0.670. The lowest BCUT2D eigenvalue weighted by Gasteiger charge is -2.19. The van der Waals surface area contributed by atoms with Gasteiger partial charge >= 0.3 is 5.97 Å². The highest BCUT2D eigenvalue weighted by molar-refractivity contribution is 6.08. The van der Waals surface area contributed by atoms with E-state index in [1.807, 2.05) is 0 Å². The number of imide groups is 2. The second-order valence-electron chi connectivity index (χ2n) is 7.00. The van der Waals surface area contributed by atoms with Gasteiger partial charge < -0.3 is 9.47 Å². The van der Waals surface area contributed by atoms with Crippen molar-refractivity contribution in [3.63, 3.8) is 0 Å². The Labute approximate surface area is 167 Å². The Morgan fingerprint density at radius 1 is 1.07 bits per heavy atom. The number of esters is 1. The van der Waals surface area contributed by atoms with Crippen molar-refractivity contribution in [3.05, 3.63) is 29.8 Å². The minimum absolute atomic E-state index is 0.158. The third kappa shape index (κ3) is 4.44. The summed E-state index contributed by atoms with van der Waals surface area (Å²) in [4.78, 5) is 61.7. The summed E-state index contributed by atoms with van der Waals surface area (Å²) in [6, 6.07) is 6.35. The number of hydrogen-bond donors (Lipinski definition) is 1. The lowest BCUT2D eigenvalue weighted by Crippen LogP contribution is -2.39. The molecule has 154 valence electrons. The van der Waals surface area contributed by atoms with Crippen LogP contribution >= 0.6 is 0 Å². The van der Waals surface area contributed by atoms with Crippen LogP contribution < -0.4 is 10.1 Å². The van der Waals surface area contributed by atoms with Gasteiger partial charge in [0.1, 0.15) is 12.3 Å². The number of nitrogens with one attached hydrogen (secondary N) is 1. The number of amides is 4. The smallest absolute Gasteiger partial charge is 0.326 e. The first-order chi connectivity index (χ1) is 13.9. The van der Waals surface area contributed by atoms with E-state index in [1.165, 1.54) is 13.2 Å². The Kier molecular flexibility index (Phi) is 6.26. The van der Waals surface area contributed by atoms with Crippen molar-refractivity contribution in [1.29, 1.82) is 0 Å². The number of nitrogens with zero attached hydrogens (tertiary/aromatic N) is 1. The van der Waals surface area contributed by atoms with Crippen LogP contribution in [0.15, 0.2) is 24.3 Å². The molecule has 9 heteroatoms. The van der Waals surface area contributed by atoms with E-state index in [0.717, 1.165) is 17.7 Å². The Hall–Kier alpha value is -3.23. The molecule has 1 saturated heterocycles. The van der Waals surface area contributed by atoms with Gasteiger partial charge in [-0.3, -0.25) is 34.2 Å². The van der Waals surface area contributed by atoms with Crippen molar-refractivity contribution in [2.45, 2.75) is 25.7 Å². The van der Waals surface area contributed by atoms with E-state index in [-0.39, 0.29) is 29.2 Å². The van der Waals surface area contributed by atoms with Gasteiger partial charge in [0, 0.05) is 0 Å². The zero-order chi connectivity index (χ0) is 21.0. The number of carbonyl (C=O) groups is 5. The number of para-hydroxylation sites is 1. The molecule has 9 nitrogen and oxygen atoms in total. The van der Waals surface area contributed by atoms with Gasteiger partial charge in [-0.2, -0.15) is 0 Å². The van der Waals surface area contributed by atoms with Crippen molar-refractivity contribution in [2.24, 2.45) is 11.8 Å². The highest BCUT2D eigenvalue weighted by Gasteiger charge is 2.48. The molecule has 1 N–H and O–H groups in total. The van der Waals surface area contributed by atoms with E-state index in [1.54, 1.807) is 18.2 Å². The van der Waals surface area contributed by atoms with Gasteiger partial charge in [0.25, 0.3) is 11.8 Å². The van der Waals surface area contributed by atoms with Gasteiger partial charge in [0.15, 0.2) is 6.61 Å². The number of fused-ring (bicyclic) bond motifs is 1. The summed E-state index contributed by atoms with van der Waals surface area (Å²) in [5.41, 5.74) is 0.158. The average molecular weight is 402 g/mol. The SMILES string of the molecule is COc1ccccc1C(=O)NC(=O)COC(=O)CN1C(=O)[C@H]2CCCC[C@@H]2C1=O. The third-order valence-corrected chi connectivity index (χ3v) is 5.19. The number of hydrogen-bond acceptors (Lipinski definition) is 7. The molecular weight excluding hydrogens is 380 g/mol. The average Bonchev–Trinajstić information content (AvgIpc) is 2.97. The molecule has 29 heavy (non-hydrogen) atoms. The Morgan fingerprint density at radius 2 is 1.69 bits per heavy atom. The fourth-order valence-electron chi connectivity index (χ4n) is 3.77. The van der Waals surface area contributed by atoms with Crippen LogP contribution in [-0.2, 0) is 23.9 Å². The first-order valence-corrected chi connectivity index (χ1v) is 9.40. The van der Waals surface area contributed by atoms with Gasteiger partial charge in [-0.05, 0) is 25.0 Å². The maximum atomic E-state index is 12.3. The van der Waals surface area contributed by atoms with E-state index in [4.69, 9.17) is 9.47 Å². The summed E-state index contributed by atoms with van der Waals surface area (Å²) < 4.78 is 9.88. The summed E-state index contributed by atoms with van der Waals surface area (Å²) >= 11 is 0. The number of rotatable bonds is 6. The first kappa shape index (κ1) is 20.5. The molecule has 3 rings (SSSR count). The second kappa shape index (κ2) is 8.85. The lowest BCUT2D eigenvalue weighted by atomic mass is 9.81. The molecule has 0 unspecified atom stereocenters. The molecule has 1 aliphatic carbocycles. The Bertz CT molecular complexity index is 827. The van der Waals surface area contributed by atoms with Crippen LogP contribution in [0.2, 0.25) is 0 Å². The molecule has 0 bridgehead atoms. The fraction of sp³-hybridized carbons (Fsp3) is 0.450. The van der Waals surface area contributed by atoms with Crippen LogP contribution in [-0.4, -0.2) is 54.8 Å². The Balaban J connectivity index is 1.49. The number of benzene rings is 1. The predicted molar refractivity (Wildman–Crippen MR) is 98.6 cm³/mol. The first-order valence-electron chi connectivity index (χ1n) is 9.40. The van der Waals surface area contributed by atoms with Crippen LogP contribution in [0, 0.1) is 11.8 Å². The highest BCUT2D eigenvalue weighted by Crippen LogP contribution is 2.37. The van der Waals surface area contributed by atoms with E-state index < -0.39 is 30.9 Å². The molecule has 1 heterocycles. The van der Waals surface area contributed by atoms with E-state index in [9.17, 15) is 24.0 Å². The fourth-order valence-corrected chi connectivity index (χ4v) is 3.77. The maximum absolute atomic E-state index is 12.3. The molecule has 1 saturated carbocycles. The van der Waals surface area contributed by atoms with E-state index in [0.29, 0.717) is 18.6 Å². The molecule has 2 fully saturated rings. The highest BCUT2D eigenvalue weighted by atomic mass is 16.5. The summed E-state index contributed by atoms with van der Waals surface area (Å²) in [5, 5.41) is 2.10. The summed E-state index contributed by atoms with van der Waals surface area (Å²) in [5.74, 6) is -3.54. The Morgan fingerprint density at radius 3 is 2.31 bits per heavy atom. The molecular formula is C20H22N2O7. The van der Waals surface area contributed by atoms with E-state index in [2.05, 4.69) is 5.32 Å². The molecule has 2 atom stereocenters. The lowest BCUT2D eigenvalue weighted by molar-refractivity contribution is -0.154. The minimum Gasteiger partial charge on any atom is -0.496 e. The van der Waals surface area contributed by atoms with Crippen molar-refractivity contribution >= 4 is 29.6 Å². The third-order valence-electron chi connectivity index (χ3n) is 5.19. The van der Waals surface area contributed by atoms with Gasteiger partial charge in [0.2, 0.25) is 11.8 Å². The molecule has 0 aromatic heterocycles. The van der Waals surface area contributed by atoms with Crippen LogP contribution in [0.3, 0.4) is 0 Å². The van der Waals surface area contributed by atoms with Crippen molar-refractivity contribution in [3.8, 4) is 5.75 Å². The van der Waals surface area contributed by atoms with Crippen LogP contribution in [0.25, 0.3) is 0 Å². The van der Waals surface area contributed by atoms with Crippen LogP contribution in [0.5, 0.6) is 5.75 Å². The normalized spacial score (nSPS) is 20.8. The van der Waals surface area contributed by atoms with Gasteiger partial charge in [-0.15, -0.1) is 0 Å². The summed E-state index contributed by atoms with van der Waals surface area (Å²) in [6.45, 7) is -1.23. The van der Waals surface area contributed by atoms with Gasteiger partial charge in [0.05, 0.1) is 24.5 Å². The molecule has 1 aromatic carbocycles. The van der Waals surface area contributed by atoms with Crippen LogP contribution in [0.4, 0.5) is 0 Å². The summed E-state index contributed by atoms with van der Waals surface area (Å²) in [6.07, 6.45) is 3.07. The molecule has 1 aromatic rings. The van der Waals surface area contributed by atoms with Gasteiger partial charge in [-0.25, -0.2) is 0 Å². The second-order valence-corrected chi connectivity index (χ2v) is 7.00.